The van der Waals surface area contributed by atoms with Crippen molar-refractivity contribution in [2.24, 2.45) is 11.3 Å². The van der Waals surface area contributed by atoms with Crippen molar-refractivity contribution in [3.05, 3.63) is 64.7 Å². The molecule has 3 unspecified atom stereocenters. The average molecular weight is 566 g/mol. The lowest BCUT2D eigenvalue weighted by Gasteiger charge is -2.40. The lowest BCUT2D eigenvalue weighted by Crippen LogP contribution is -2.51. The molecular formula is C30H42ClF2N3O3. The van der Waals surface area contributed by atoms with Gasteiger partial charge in [-0.3, -0.25) is 9.59 Å². The molecule has 2 aliphatic rings. The summed E-state index contributed by atoms with van der Waals surface area (Å²) >= 11 is 5.97. The van der Waals surface area contributed by atoms with Gasteiger partial charge in [-0.2, -0.15) is 0 Å². The molecule has 2 fully saturated rings. The van der Waals surface area contributed by atoms with E-state index in [4.69, 9.17) is 16.7 Å². The first kappa shape index (κ1) is 32.7. The largest absolute Gasteiger partial charge is 0.390 e. The number of amides is 2. The molecule has 2 aromatic carbocycles. The van der Waals surface area contributed by atoms with Crippen LogP contribution in [0.5, 0.6) is 0 Å². The van der Waals surface area contributed by atoms with Crippen molar-refractivity contribution in [1.82, 2.24) is 10.6 Å². The molecule has 4 rings (SSSR count). The van der Waals surface area contributed by atoms with Crippen LogP contribution in [0.3, 0.4) is 0 Å². The van der Waals surface area contributed by atoms with Gasteiger partial charge in [0.05, 0.1) is 16.5 Å². The molecule has 1 saturated carbocycles. The number of carbonyl (C=O) groups excluding carboxylic acids is 2. The highest BCUT2D eigenvalue weighted by Crippen LogP contribution is 2.39. The number of hydrogen-bond donors (Lipinski definition) is 4. The lowest BCUT2D eigenvalue weighted by molar-refractivity contribution is -0.120. The monoisotopic (exact) mass is 565 g/mol. The van der Waals surface area contributed by atoms with Crippen molar-refractivity contribution >= 4 is 29.6 Å². The van der Waals surface area contributed by atoms with Crippen LogP contribution in [0.25, 0.3) is 0 Å². The van der Waals surface area contributed by atoms with E-state index in [1.807, 2.05) is 13.8 Å². The van der Waals surface area contributed by atoms with Gasteiger partial charge in [-0.05, 0) is 61.4 Å². The Balaban J connectivity index is 0.000000407. The standard InChI is InChI=1S/C22H25ClF2N2O.C6H11NO2.C2H6/c1-22(2,3)11-18-19(21(28)27-14-7-4-6-13(24)10-14)16(12-26-18)15-8-5-9-17(23)20(15)25;1-6(9)2-5(3-6)7-4-8;1-2/h4-10,16,18-19,26H,11-12H2,1-3H3,(H,27,28);4-5,9H,2-3H2,1H3,(H,7,8);1-2H3. The summed E-state index contributed by atoms with van der Waals surface area (Å²) in [5.74, 6) is -2.04. The third kappa shape index (κ3) is 9.55. The van der Waals surface area contributed by atoms with Crippen LogP contribution < -0.4 is 16.0 Å². The molecule has 0 radical (unpaired) electrons. The Morgan fingerprint density at radius 3 is 2.38 bits per heavy atom. The second-order valence-electron chi connectivity index (χ2n) is 11.4. The molecule has 1 heterocycles. The number of halogens is 3. The maximum atomic E-state index is 14.7. The van der Waals surface area contributed by atoms with Crippen molar-refractivity contribution in [3.63, 3.8) is 0 Å². The van der Waals surface area contributed by atoms with Crippen molar-refractivity contribution in [2.45, 2.75) is 84.4 Å². The number of anilines is 1. The van der Waals surface area contributed by atoms with E-state index in [-0.39, 0.29) is 34.3 Å². The molecule has 3 atom stereocenters. The van der Waals surface area contributed by atoms with Gasteiger partial charge in [-0.25, -0.2) is 8.78 Å². The maximum absolute atomic E-state index is 14.7. The molecular weight excluding hydrogens is 524 g/mol. The summed E-state index contributed by atoms with van der Waals surface area (Å²) in [6.07, 6.45) is 2.80. The van der Waals surface area contributed by atoms with Gasteiger partial charge >= 0.3 is 0 Å². The van der Waals surface area contributed by atoms with Gasteiger partial charge in [0.25, 0.3) is 0 Å². The summed E-state index contributed by atoms with van der Waals surface area (Å²) in [6, 6.07) is 10.7. The molecule has 1 aliphatic carbocycles. The average Bonchev–Trinajstić information content (AvgIpc) is 3.23. The van der Waals surface area contributed by atoms with Crippen LogP contribution in [0.15, 0.2) is 42.5 Å². The van der Waals surface area contributed by atoms with Gasteiger partial charge in [0, 0.05) is 30.2 Å². The van der Waals surface area contributed by atoms with E-state index in [1.54, 1.807) is 31.2 Å². The number of nitrogens with one attached hydrogen (secondary N) is 3. The zero-order valence-electron chi connectivity index (χ0n) is 23.7. The summed E-state index contributed by atoms with van der Waals surface area (Å²) in [7, 11) is 0. The first-order valence-electron chi connectivity index (χ1n) is 13.5. The Labute approximate surface area is 235 Å². The Morgan fingerprint density at radius 1 is 1.18 bits per heavy atom. The van der Waals surface area contributed by atoms with Gasteiger partial charge in [-0.15, -0.1) is 0 Å². The lowest BCUT2D eigenvalue weighted by atomic mass is 9.77. The first-order valence-corrected chi connectivity index (χ1v) is 13.8. The van der Waals surface area contributed by atoms with Gasteiger partial charge in [0.1, 0.15) is 11.6 Å². The fourth-order valence-corrected chi connectivity index (χ4v) is 5.34. The zero-order chi connectivity index (χ0) is 29.4. The second-order valence-corrected chi connectivity index (χ2v) is 11.8. The predicted octanol–water partition coefficient (Wildman–Crippen LogP) is 6.04. The fraction of sp³-hybridized carbons (Fsp3) is 0.533. The van der Waals surface area contributed by atoms with E-state index in [9.17, 15) is 18.4 Å². The van der Waals surface area contributed by atoms with Crippen LogP contribution in [-0.2, 0) is 9.59 Å². The molecule has 0 spiro atoms. The van der Waals surface area contributed by atoms with Crippen LogP contribution in [0.4, 0.5) is 14.5 Å². The molecule has 216 valence electrons. The number of carbonyl (C=O) groups is 2. The molecule has 2 amide bonds. The molecule has 1 aliphatic heterocycles. The van der Waals surface area contributed by atoms with Gasteiger partial charge < -0.3 is 21.1 Å². The van der Waals surface area contributed by atoms with Crippen molar-refractivity contribution in [1.29, 1.82) is 0 Å². The Hall–Kier alpha value is -2.55. The van der Waals surface area contributed by atoms with Gasteiger partial charge in [0.15, 0.2) is 0 Å². The van der Waals surface area contributed by atoms with E-state index >= 15 is 0 Å². The maximum Gasteiger partial charge on any atom is 0.229 e. The minimum atomic E-state index is -0.527. The third-order valence-electron chi connectivity index (χ3n) is 6.75. The smallest absolute Gasteiger partial charge is 0.229 e. The second kappa shape index (κ2) is 14.2. The van der Waals surface area contributed by atoms with E-state index < -0.39 is 23.2 Å². The van der Waals surface area contributed by atoms with Crippen LogP contribution >= 0.6 is 11.6 Å². The molecule has 0 aromatic heterocycles. The normalized spacial score (nSPS) is 25.7. The van der Waals surface area contributed by atoms with Crippen molar-refractivity contribution < 1.29 is 23.5 Å². The fourth-order valence-electron chi connectivity index (χ4n) is 5.16. The first-order chi connectivity index (χ1) is 18.3. The van der Waals surface area contributed by atoms with E-state index in [2.05, 4.69) is 36.7 Å². The molecule has 6 nitrogen and oxygen atoms in total. The molecule has 39 heavy (non-hydrogen) atoms. The van der Waals surface area contributed by atoms with E-state index in [0.717, 1.165) is 6.42 Å². The summed E-state index contributed by atoms with van der Waals surface area (Å²) in [4.78, 5) is 23.0. The summed E-state index contributed by atoms with van der Waals surface area (Å²) < 4.78 is 28.2. The minimum absolute atomic E-state index is 0.0170. The van der Waals surface area contributed by atoms with Crippen LogP contribution in [0.1, 0.15) is 72.3 Å². The number of aliphatic hydroxyl groups is 1. The van der Waals surface area contributed by atoms with Crippen molar-refractivity contribution in [2.75, 3.05) is 11.9 Å². The highest BCUT2D eigenvalue weighted by Gasteiger charge is 2.44. The zero-order valence-corrected chi connectivity index (χ0v) is 24.4. The summed E-state index contributed by atoms with van der Waals surface area (Å²) in [5, 5.41) is 18.0. The minimum Gasteiger partial charge on any atom is -0.390 e. The highest BCUT2D eigenvalue weighted by atomic mass is 35.5. The molecule has 1 saturated heterocycles. The highest BCUT2D eigenvalue weighted by molar-refractivity contribution is 6.30. The van der Waals surface area contributed by atoms with Gasteiger partial charge in [-0.1, -0.05) is 64.4 Å². The quantitative estimate of drug-likeness (QED) is 0.322. The van der Waals surface area contributed by atoms with Crippen LogP contribution in [-0.4, -0.2) is 41.7 Å². The number of rotatable bonds is 6. The topological polar surface area (TPSA) is 90.5 Å². The van der Waals surface area contributed by atoms with E-state index in [0.29, 0.717) is 37.0 Å². The van der Waals surface area contributed by atoms with Crippen LogP contribution in [0.2, 0.25) is 5.02 Å². The summed E-state index contributed by atoms with van der Waals surface area (Å²) in [6.45, 7) is 12.5. The Kier molecular flexibility index (Phi) is 11.9. The molecule has 9 heteroatoms. The van der Waals surface area contributed by atoms with Gasteiger partial charge in [0.2, 0.25) is 12.3 Å². The Bertz CT molecular complexity index is 1100. The third-order valence-corrected chi connectivity index (χ3v) is 7.04. The SMILES string of the molecule is CC.CC(C)(C)CC1NCC(c2cccc(Cl)c2F)C1C(=O)Nc1cccc(F)c1.CC1(O)CC(NC=O)C1. The molecule has 0 bridgehead atoms. The molecule has 4 N–H and O–H groups in total. The number of benzene rings is 2. The van der Waals surface area contributed by atoms with E-state index in [1.165, 1.54) is 18.2 Å². The predicted molar refractivity (Wildman–Crippen MR) is 153 cm³/mol. The number of hydrogen-bond acceptors (Lipinski definition) is 4. The molecule has 2 aromatic rings. The Morgan fingerprint density at radius 2 is 1.82 bits per heavy atom. The van der Waals surface area contributed by atoms with Crippen LogP contribution in [0, 0.1) is 23.0 Å². The summed E-state index contributed by atoms with van der Waals surface area (Å²) in [5.41, 5.74) is 0.268. The van der Waals surface area contributed by atoms with Crippen molar-refractivity contribution in [3.8, 4) is 0 Å².